The van der Waals surface area contributed by atoms with Gasteiger partial charge in [0, 0.05) is 24.7 Å². The van der Waals surface area contributed by atoms with Crippen molar-refractivity contribution in [1.82, 2.24) is 5.32 Å². The summed E-state index contributed by atoms with van der Waals surface area (Å²) >= 11 is 0. The highest BCUT2D eigenvalue weighted by Crippen LogP contribution is 2.07. The molecule has 100 valence electrons. The number of anilines is 1. The molecule has 0 radical (unpaired) electrons. The summed E-state index contributed by atoms with van der Waals surface area (Å²) in [5, 5.41) is 6.27. The van der Waals surface area contributed by atoms with Crippen molar-refractivity contribution in [3.05, 3.63) is 30.3 Å². The van der Waals surface area contributed by atoms with Crippen molar-refractivity contribution in [1.29, 1.82) is 0 Å². The molecule has 0 spiro atoms. The molecule has 1 aromatic rings. The van der Waals surface area contributed by atoms with Crippen LogP contribution in [0.3, 0.4) is 0 Å². The Morgan fingerprint density at radius 1 is 1.22 bits per heavy atom. The topological polar surface area (TPSA) is 41.1 Å². The van der Waals surface area contributed by atoms with E-state index in [1.54, 1.807) is 0 Å². The van der Waals surface area contributed by atoms with Crippen molar-refractivity contribution in [2.75, 3.05) is 11.9 Å². The first-order valence-electron chi connectivity index (χ1n) is 6.71. The zero-order valence-electron chi connectivity index (χ0n) is 11.6. The summed E-state index contributed by atoms with van der Waals surface area (Å²) in [6.45, 7) is 7.31. The smallest absolute Gasteiger partial charge is 0.225 e. The van der Waals surface area contributed by atoms with Crippen LogP contribution in [0.15, 0.2) is 30.3 Å². The van der Waals surface area contributed by atoms with Gasteiger partial charge in [-0.3, -0.25) is 4.79 Å². The van der Waals surface area contributed by atoms with Crippen LogP contribution in [0.1, 0.15) is 33.6 Å². The monoisotopic (exact) mass is 248 g/mol. The molecule has 1 aromatic carbocycles. The first-order chi connectivity index (χ1) is 8.63. The van der Waals surface area contributed by atoms with Crippen LogP contribution in [0.4, 0.5) is 5.69 Å². The van der Waals surface area contributed by atoms with E-state index in [9.17, 15) is 4.79 Å². The van der Waals surface area contributed by atoms with Gasteiger partial charge in [0.15, 0.2) is 0 Å². The molecular formula is C15H24N2O. The lowest BCUT2D eigenvalue weighted by atomic mass is 10.0. The van der Waals surface area contributed by atoms with E-state index in [0.717, 1.165) is 18.7 Å². The normalized spacial score (nSPS) is 13.9. The third kappa shape index (κ3) is 5.32. The molecule has 0 aromatic heterocycles. The summed E-state index contributed by atoms with van der Waals surface area (Å²) < 4.78 is 0. The maximum atomic E-state index is 11.7. The van der Waals surface area contributed by atoms with Gasteiger partial charge in [0.1, 0.15) is 0 Å². The molecular weight excluding hydrogens is 224 g/mol. The van der Waals surface area contributed by atoms with E-state index < -0.39 is 0 Å². The molecule has 3 nitrogen and oxygen atoms in total. The predicted octanol–water partition coefficient (Wildman–Crippen LogP) is 3.04. The largest absolute Gasteiger partial charge is 0.326 e. The van der Waals surface area contributed by atoms with Gasteiger partial charge in [-0.25, -0.2) is 0 Å². The van der Waals surface area contributed by atoms with Gasteiger partial charge in [-0.05, 0) is 25.0 Å². The second-order valence-corrected chi connectivity index (χ2v) is 4.79. The van der Waals surface area contributed by atoms with Crippen LogP contribution in [-0.2, 0) is 4.79 Å². The number of hydrogen-bond donors (Lipinski definition) is 2. The van der Waals surface area contributed by atoms with Crippen molar-refractivity contribution >= 4 is 11.6 Å². The quantitative estimate of drug-likeness (QED) is 0.778. The molecule has 2 unspecified atom stereocenters. The third-order valence-electron chi connectivity index (χ3n) is 3.37. The van der Waals surface area contributed by atoms with Gasteiger partial charge in [0.05, 0.1) is 0 Å². The van der Waals surface area contributed by atoms with E-state index >= 15 is 0 Å². The fourth-order valence-corrected chi connectivity index (χ4v) is 1.71. The molecule has 0 aliphatic carbocycles. The van der Waals surface area contributed by atoms with Crippen LogP contribution in [-0.4, -0.2) is 18.5 Å². The molecule has 1 amide bonds. The van der Waals surface area contributed by atoms with E-state index in [1.807, 2.05) is 30.3 Å². The third-order valence-corrected chi connectivity index (χ3v) is 3.37. The molecule has 1 rings (SSSR count). The van der Waals surface area contributed by atoms with Crippen molar-refractivity contribution in [2.45, 2.75) is 39.7 Å². The van der Waals surface area contributed by atoms with Crippen LogP contribution in [0.2, 0.25) is 0 Å². The summed E-state index contributed by atoms with van der Waals surface area (Å²) in [6.07, 6.45) is 1.67. The highest BCUT2D eigenvalue weighted by Gasteiger charge is 2.09. The van der Waals surface area contributed by atoms with Gasteiger partial charge in [0.25, 0.3) is 0 Å². The second-order valence-electron chi connectivity index (χ2n) is 4.79. The van der Waals surface area contributed by atoms with Crippen LogP contribution < -0.4 is 10.6 Å². The zero-order chi connectivity index (χ0) is 13.4. The molecule has 2 N–H and O–H groups in total. The Kier molecular flexibility index (Phi) is 6.44. The minimum atomic E-state index is 0.0602. The SMILES string of the molecule is CCC(C)C(C)NCCC(=O)Nc1ccccc1. The minimum absolute atomic E-state index is 0.0602. The first-order valence-corrected chi connectivity index (χ1v) is 6.71. The Morgan fingerprint density at radius 2 is 1.89 bits per heavy atom. The Morgan fingerprint density at radius 3 is 2.50 bits per heavy atom. The lowest BCUT2D eigenvalue weighted by Crippen LogP contribution is -2.34. The van der Waals surface area contributed by atoms with Crippen molar-refractivity contribution in [2.24, 2.45) is 5.92 Å². The van der Waals surface area contributed by atoms with Gasteiger partial charge < -0.3 is 10.6 Å². The number of hydrogen-bond acceptors (Lipinski definition) is 2. The molecule has 18 heavy (non-hydrogen) atoms. The predicted molar refractivity (Wildman–Crippen MR) is 76.6 cm³/mol. The average molecular weight is 248 g/mol. The Hall–Kier alpha value is -1.35. The molecule has 0 heterocycles. The molecule has 0 aliphatic heterocycles. The number of benzene rings is 1. The summed E-state index contributed by atoms with van der Waals surface area (Å²) in [4.78, 5) is 11.7. The van der Waals surface area contributed by atoms with Crippen LogP contribution >= 0.6 is 0 Å². The molecule has 2 atom stereocenters. The van der Waals surface area contributed by atoms with Gasteiger partial charge >= 0.3 is 0 Å². The number of rotatable bonds is 7. The molecule has 0 saturated carbocycles. The highest BCUT2D eigenvalue weighted by atomic mass is 16.1. The maximum Gasteiger partial charge on any atom is 0.225 e. The van der Waals surface area contributed by atoms with Crippen molar-refractivity contribution in [3.8, 4) is 0 Å². The molecule has 3 heteroatoms. The van der Waals surface area contributed by atoms with E-state index in [4.69, 9.17) is 0 Å². The standard InChI is InChI=1S/C15H24N2O/c1-4-12(2)13(3)16-11-10-15(18)17-14-8-6-5-7-9-14/h5-9,12-13,16H,4,10-11H2,1-3H3,(H,17,18). The summed E-state index contributed by atoms with van der Waals surface area (Å²) in [5.41, 5.74) is 0.859. The summed E-state index contributed by atoms with van der Waals surface area (Å²) in [7, 11) is 0. The van der Waals surface area contributed by atoms with E-state index in [-0.39, 0.29) is 5.91 Å². The van der Waals surface area contributed by atoms with E-state index in [1.165, 1.54) is 0 Å². The maximum absolute atomic E-state index is 11.7. The fraction of sp³-hybridized carbons (Fsp3) is 0.533. The summed E-state index contributed by atoms with van der Waals surface area (Å²) in [6, 6.07) is 10.0. The second kappa shape index (κ2) is 7.88. The number of para-hydroxylation sites is 1. The fourth-order valence-electron chi connectivity index (χ4n) is 1.71. The van der Waals surface area contributed by atoms with Crippen LogP contribution in [0, 0.1) is 5.92 Å². The lowest BCUT2D eigenvalue weighted by Gasteiger charge is -2.19. The van der Waals surface area contributed by atoms with Gasteiger partial charge in [-0.2, -0.15) is 0 Å². The van der Waals surface area contributed by atoms with Crippen molar-refractivity contribution < 1.29 is 4.79 Å². The van der Waals surface area contributed by atoms with Gasteiger partial charge in [0.2, 0.25) is 5.91 Å². The molecule has 0 saturated heterocycles. The number of carbonyl (C=O) groups excluding carboxylic acids is 1. The Bertz CT molecular complexity index is 351. The summed E-state index contributed by atoms with van der Waals surface area (Å²) in [5.74, 6) is 0.701. The molecule has 0 aliphatic rings. The molecule has 0 bridgehead atoms. The van der Waals surface area contributed by atoms with Gasteiger partial charge in [-0.1, -0.05) is 38.5 Å². The van der Waals surface area contributed by atoms with Gasteiger partial charge in [-0.15, -0.1) is 0 Å². The van der Waals surface area contributed by atoms with Crippen LogP contribution in [0.25, 0.3) is 0 Å². The van der Waals surface area contributed by atoms with E-state index in [0.29, 0.717) is 18.4 Å². The number of nitrogens with one attached hydrogen (secondary N) is 2. The number of amides is 1. The lowest BCUT2D eigenvalue weighted by molar-refractivity contribution is -0.116. The number of carbonyl (C=O) groups is 1. The zero-order valence-corrected chi connectivity index (χ0v) is 11.6. The van der Waals surface area contributed by atoms with Crippen LogP contribution in [0.5, 0.6) is 0 Å². The van der Waals surface area contributed by atoms with Crippen molar-refractivity contribution in [3.63, 3.8) is 0 Å². The van der Waals surface area contributed by atoms with E-state index in [2.05, 4.69) is 31.4 Å². The Labute approximate surface area is 110 Å². The average Bonchev–Trinajstić information content (AvgIpc) is 2.38. The molecule has 0 fully saturated rings. The Balaban J connectivity index is 2.22. The first kappa shape index (κ1) is 14.7. The minimum Gasteiger partial charge on any atom is -0.326 e. The highest BCUT2D eigenvalue weighted by molar-refractivity contribution is 5.90.